The molecule has 1 atom stereocenters. The molecule has 4 heteroatoms. The number of aliphatic carboxylic acids is 1. The molecule has 0 aliphatic rings. The van der Waals surface area contributed by atoms with Crippen molar-refractivity contribution in [3.63, 3.8) is 0 Å². The van der Waals surface area contributed by atoms with E-state index >= 15 is 0 Å². The van der Waals surface area contributed by atoms with E-state index in [9.17, 15) is 9.90 Å². The number of carbonyl (C=O) groups is 1. The molecule has 1 aromatic carbocycles. The Balaban J connectivity index is 3.07. The van der Waals surface area contributed by atoms with Crippen molar-refractivity contribution in [3.05, 3.63) is 34.9 Å². The predicted octanol–water partition coefficient (Wildman–Crippen LogP) is 2.99. The maximum absolute atomic E-state index is 11.3. The zero-order valence-electron chi connectivity index (χ0n) is 8.90. The Morgan fingerprint density at radius 3 is 2.50 bits per heavy atom. The second-order valence-corrected chi connectivity index (χ2v) is 4.24. The van der Waals surface area contributed by atoms with Crippen LogP contribution < -0.4 is 0 Å². The van der Waals surface area contributed by atoms with E-state index in [4.69, 9.17) is 16.9 Å². The molecule has 0 fully saturated rings. The summed E-state index contributed by atoms with van der Waals surface area (Å²) in [7, 11) is 0. The normalized spacial score (nSPS) is 13.8. The lowest BCUT2D eigenvalue weighted by atomic mass is 9.79. The molecule has 0 amide bonds. The largest absolute Gasteiger partial charge is 0.481 e. The molecule has 1 rings (SSSR count). The van der Waals surface area contributed by atoms with Gasteiger partial charge in [-0.25, -0.2) is 0 Å². The number of benzene rings is 1. The second-order valence-electron chi connectivity index (χ2n) is 3.80. The fourth-order valence-corrected chi connectivity index (χ4v) is 1.62. The molecular weight excluding hydrogens is 226 g/mol. The highest BCUT2D eigenvalue weighted by Gasteiger charge is 2.34. The first-order valence-electron chi connectivity index (χ1n) is 4.87. The van der Waals surface area contributed by atoms with E-state index in [1.54, 1.807) is 31.2 Å². The third-order valence-electron chi connectivity index (χ3n) is 2.69. The molecule has 1 N–H and O–H groups in total. The minimum absolute atomic E-state index is 0.214. The lowest BCUT2D eigenvalue weighted by molar-refractivity contribution is -0.143. The van der Waals surface area contributed by atoms with Gasteiger partial charge in [0.05, 0.1) is 11.5 Å². The van der Waals surface area contributed by atoms with Crippen LogP contribution in [0.2, 0.25) is 5.02 Å². The molecule has 0 saturated carbocycles. The van der Waals surface area contributed by atoms with E-state index < -0.39 is 11.4 Å². The first kappa shape index (κ1) is 12.5. The van der Waals surface area contributed by atoms with Crippen molar-refractivity contribution >= 4 is 17.6 Å². The van der Waals surface area contributed by atoms with Crippen molar-refractivity contribution in [2.24, 2.45) is 0 Å². The zero-order valence-corrected chi connectivity index (χ0v) is 9.66. The molecule has 0 saturated heterocycles. The SMILES string of the molecule is CC(CCC#N)(C(=O)O)c1ccc(Cl)cc1. The van der Waals surface area contributed by atoms with Gasteiger partial charge >= 0.3 is 5.97 Å². The molecular formula is C12H12ClNO2. The van der Waals surface area contributed by atoms with Crippen molar-refractivity contribution in [2.75, 3.05) is 0 Å². The monoisotopic (exact) mass is 237 g/mol. The van der Waals surface area contributed by atoms with Gasteiger partial charge in [-0.3, -0.25) is 4.79 Å². The third-order valence-corrected chi connectivity index (χ3v) is 2.94. The fourth-order valence-electron chi connectivity index (χ4n) is 1.50. The third kappa shape index (κ3) is 2.53. The zero-order chi connectivity index (χ0) is 12.2. The quantitative estimate of drug-likeness (QED) is 0.876. The van der Waals surface area contributed by atoms with E-state index in [2.05, 4.69) is 0 Å². The molecule has 84 valence electrons. The minimum Gasteiger partial charge on any atom is -0.481 e. The second kappa shape index (κ2) is 5.00. The molecule has 0 aliphatic carbocycles. The lowest BCUT2D eigenvalue weighted by Gasteiger charge is -2.24. The van der Waals surface area contributed by atoms with Crippen LogP contribution in [0, 0.1) is 11.3 Å². The van der Waals surface area contributed by atoms with E-state index in [-0.39, 0.29) is 6.42 Å². The fraction of sp³-hybridized carbons (Fsp3) is 0.333. The number of hydrogen-bond donors (Lipinski definition) is 1. The Kier molecular flexibility index (Phi) is 3.92. The Labute approximate surface area is 99.3 Å². The first-order valence-corrected chi connectivity index (χ1v) is 5.25. The highest BCUT2D eigenvalue weighted by atomic mass is 35.5. The van der Waals surface area contributed by atoms with E-state index in [0.29, 0.717) is 17.0 Å². The summed E-state index contributed by atoms with van der Waals surface area (Å²) in [6, 6.07) is 8.66. The van der Waals surface area contributed by atoms with E-state index in [1.165, 1.54) is 0 Å². The van der Waals surface area contributed by atoms with Gasteiger partial charge in [-0.1, -0.05) is 23.7 Å². The number of carboxylic acid groups (broad SMARTS) is 1. The molecule has 3 nitrogen and oxygen atoms in total. The highest BCUT2D eigenvalue weighted by molar-refractivity contribution is 6.30. The number of rotatable bonds is 4. The average Bonchev–Trinajstić information content (AvgIpc) is 2.26. The maximum atomic E-state index is 11.3. The van der Waals surface area contributed by atoms with Gasteiger partial charge in [0.15, 0.2) is 0 Å². The first-order chi connectivity index (χ1) is 7.50. The molecule has 0 bridgehead atoms. The summed E-state index contributed by atoms with van der Waals surface area (Å²) < 4.78 is 0. The van der Waals surface area contributed by atoms with Gasteiger partial charge in [0.2, 0.25) is 0 Å². The molecule has 0 aliphatic heterocycles. The predicted molar refractivity (Wildman–Crippen MR) is 61.3 cm³/mol. The van der Waals surface area contributed by atoms with Crippen molar-refractivity contribution in [3.8, 4) is 6.07 Å². The summed E-state index contributed by atoms with van der Waals surface area (Å²) in [5.41, 5.74) is -0.361. The van der Waals surface area contributed by atoms with Crippen LogP contribution in [0.4, 0.5) is 0 Å². The average molecular weight is 238 g/mol. The van der Waals surface area contributed by atoms with Crippen molar-refractivity contribution < 1.29 is 9.90 Å². The Bertz CT molecular complexity index is 422. The van der Waals surface area contributed by atoms with Crippen molar-refractivity contribution in [1.82, 2.24) is 0 Å². The number of hydrogen-bond acceptors (Lipinski definition) is 2. The van der Waals surface area contributed by atoms with Gasteiger partial charge in [0.25, 0.3) is 0 Å². The number of halogens is 1. The van der Waals surface area contributed by atoms with Gasteiger partial charge in [-0.2, -0.15) is 5.26 Å². The van der Waals surface area contributed by atoms with Crippen LogP contribution in [0.25, 0.3) is 0 Å². The molecule has 0 heterocycles. The topological polar surface area (TPSA) is 61.1 Å². The van der Waals surface area contributed by atoms with Crippen molar-refractivity contribution in [1.29, 1.82) is 5.26 Å². The molecule has 1 unspecified atom stereocenters. The van der Waals surface area contributed by atoms with Crippen LogP contribution in [0.15, 0.2) is 24.3 Å². The molecule has 16 heavy (non-hydrogen) atoms. The number of nitrogens with zero attached hydrogens (tertiary/aromatic N) is 1. The van der Waals surface area contributed by atoms with Gasteiger partial charge in [0, 0.05) is 11.4 Å². The minimum atomic E-state index is -1.03. The summed E-state index contributed by atoms with van der Waals surface area (Å²) >= 11 is 5.75. The van der Waals surface area contributed by atoms with Crippen LogP contribution in [-0.2, 0) is 10.2 Å². The Morgan fingerprint density at radius 2 is 2.06 bits per heavy atom. The van der Waals surface area contributed by atoms with Gasteiger partial charge in [0.1, 0.15) is 0 Å². The van der Waals surface area contributed by atoms with Gasteiger partial charge < -0.3 is 5.11 Å². The highest BCUT2D eigenvalue weighted by Crippen LogP contribution is 2.30. The maximum Gasteiger partial charge on any atom is 0.313 e. The van der Waals surface area contributed by atoms with Crippen LogP contribution in [0.5, 0.6) is 0 Å². The molecule has 0 radical (unpaired) electrons. The Morgan fingerprint density at radius 1 is 1.50 bits per heavy atom. The lowest BCUT2D eigenvalue weighted by Crippen LogP contribution is -2.32. The van der Waals surface area contributed by atoms with Crippen LogP contribution >= 0.6 is 11.6 Å². The van der Waals surface area contributed by atoms with Crippen LogP contribution in [-0.4, -0.2) is 11.1 Å². The molecule has 1 aromatic rings. The summed E-state index contributed by atoms with van der Waals surface area (Å²) in [6.07, 6.45) is 0.506. The van der Waals surface area contributed by atoms with Gasteiger partial charge in [-0.05, 0) is 31.0 Å². The van der Waals surface area contributed by atoms with E-state index in [1.807, 2.05) is 6.07 Å². The van der Waals surface area contributed by atoms with E-state index in [0.717, 1.165) is 0 Å². The summed E-state index contributed by atoms with van der Waals surface area (Å²) in [6.45, 7) is 1.62. The van der Waals surface area contributed by atoms with Crippen molar-refractivity contribution in [2.45, 2.75) is 25.2 Å². The van der Waals surface area contributed by atoms with Crippen LogP contribution in [0.3, 0.4) is 0 Å². The summed E-state index contributed by atoms with van der Waals surface area (Å²) in [5, 5.41) is 18.3. The molecule has 0 spiro atoms. The molecule has 0 aromatic heterocycles. The summed E-state index contributed by atoms with van der Waals surface area (Å²) in [5.74, 6) is -0.926. The standard InChI is InChI=1S/C12H12ClNO2/c1-12(11(15)16,7-2-8-14)9-3-5-10(13)6-4-9/h3-6H,2,7H2,1H3,(H,15,16). The summed E-state index contributed by atoms with van der Waals surface area (Å²) in [4.78, 5) is 11.3. The number of nitriles is 1. The Hall–Kier alpha value is -1.53. The number of carboxylic acids is 1. The van der Waals surface area contributed by atoms with Gasteiger partial charge in [-0.15, -0.1) is 0 Å². The smallest absolute Gasteiger partial charge is 0.313 e. The van der Waals surface area contributed by atoms with Crippen LogP contribution in [0.1, 0.15) is 25.3 Å².